The Hall–Kier alpha value is -3.06. The molecule has 1 fully saturated rings. The van der Waals surface area contributed by atoms with Crippen LogP contribution < -0.4 is 10.2 Å². The summed E-state index contributed by atoms with van der Waals surface area (Å²) in [6.45, 7) is 0.808. The van der Waals surface area contributed by atoms with E-state index in [4.69, 9.17) is 0 Å². The number of fused-ring (bicyclic) bond motifs is 1. The van der Waals surface area contributed by atoms with Crippen LogP contribution in [0.25, 0.3) is 11.3 Å². The fourth-order valence-corrected chi connectivity index (χ4v) is 4.37. The van der Waals surface area contributed by atoms with Crippen molar-refractivity contribution in [3.63, 3.8) is 0 Å². The Kier molecular flexibility index (Phi) is 4.60. The predicted octanol–water partition coefficient (Wildman–Crippen LogP) is 4.15. The molecule has 0 spiro atoms. The third-order valence-electron chi connectivity index (χ3n) is 5.31. The van der Waals surface area contributed by atoms with Crippen molar-refractivity contribution in [3.05, 3.63) is 59.2 Å². The van der Waals surface area contributed by atoms with Gasteiger partial charge in [-0.15, -0.1) is 11.3 Å². The number of hydrogen-bond donors (Lipinski definition) is 1. The van der Waals surface area contributed by atoms with Crippen molar-refractivity contribution in [1.82, 2.24) is 9.97 Å². The highest BCUT2D eigenvalue weighted by molar-refractivity contribution is 7.14. The number of aromatic nitrogens is 2. The third-order valence-corrected chi connectivity index (χ3v) is 6.07. The number of carbonyl (C=O) groups is 2. The van der Waals surface area contributed by atoms with E-state index in [0.717, 1.165) is 49.2 Å². The second kappa shape index (κ2) is 7.40. The smallest absolute Gasteiger partial charge is 0.276 e. The van der Waals surface area contributed by atoms with E-state index in [9.17, 15) is 9.59 Å². The summed E-state index contributed by atoms with van der Waals surface area (Å²) >= 11 is 1.39. The molecule has 0 unspecified atom stereocenters. The van der Waals surface area contributed by atoms with Crippen LogP contribution in [0, 0.1) is 5.92 Å². The van der Waals surface area contributed by atoms with E-state index in [-0.39, 0.29) is 17.7 Å². The molecule has 0 bridgehead atoms. The minimum Gasteiger partial charge on any atom is -0.312 e. The lowest BCUT2D eigenvalue weighted by atomic mass is 9.98. The Morgan fingerprint density at radius 1 is 1.17 bits per heavy atom. The zero-order valence-electron chi connectivity index (χ0n) is 15.8. The first-order chi connectivity index (χ1) is 14.2. The maximum Gasteiger partial charge on any atom is 0.276 e. The van der Waals surface area contributed by atoms with Crippen LogP contribution in [0.1, 0.15) is 35.3 Å². The minimum atomic E-state index is -0.272. The largest absolute Gasteiger partial charge is 0.312 e. The normalized spacial score (nSPS) is 15.7. The molecule has 5 rings (SSSR count). The summed E-state index contributed by atoms with van der Waals surface area (Å²) in [6, 6.07) is 11.4. The van der Waals surface area contributed by atoms with Crippen molar-refractivity contribution < 1.29 is 9.59 Å². The van der Waals surface area contributed by atoms with Crippen molar-refractivity contribution in [1.29, 1.82) is 0 Å². The van der Waals surface area contributed by atoms with E-state index in [0.29, 0.717) is 10.8 Å². The lowest BCUT2D eigenvalue weighted by Crippen LogP contribution is -2.36. The number of pyridine rings is 1. The van der Waals surface area contributed by atoms with Gasteiger partial charge in [-0.1, -0.05) is 12.1 Å². The first kappa shape index (κ1) is 18.0. The van der Waals surface area contributed by atoms with Gasteiger partial charge in [0.2, 0.25) is 5.91 Å². The predicted molar refractivity (Wildman–Crippen MR) is 113 cm³/mol. The number of hydrogen-bond acceptors (Lipinski definition) is 5. The summed E-state index contributed by atoms with van der Waals surface area (Å²) in [4.78, 5) is 35.4. The molecule has 0 atom stereocenters. The van der Waals surface area contributed by atoms with E-state index < -0.39 is 0 Å². The Labute approximate surface area is 172 Å². The highest BCUT2D eigenvalue weighted by Gasteiger charge is 2.35. The van der Waals surface area contributed by atoms with E-state index >= 15 is 0 Å². The molecule has 1 N–H and O–H groups in total. The van der Waals surface area contributed by atoms with Crippen molar-refractivity contribution >= 4 is 34.0 Å². The number of rotatable bonds is 4. The summed E-state index contributed by atoms with van der Waals surface area (Å²) < 4.78 is 0. The van der Waals surface area contributed by atoms with Gasteiger partial charge in [-0.3, -0.25) is 19.9 Å². The second-order valence-corrected chi connectivity index (χ2v) is 8.28. The van der Waals surface area contributed by atoms with Crippen LogP contribution in [-0.2, 0) is 11.2 Å². The number of benzene rings is 1. The maximum absolute atomic E-state index is 12.6. The summed E-state index contributed by atoms with van der Waals surface area (Å²) in [7, 11) is 0. The number of carbonyl (C=O) groups excluding carboxylic acids is 2. The van der Waals surface area contributed by atoms with Gasteiger partial charge < -0.3 is 4.90 Å². The molecular weight excluding hydrogens is 384 g/mol. The van der Waals surface area contributed by atoms with Crippen LogP contribution >= 0.6 is 11.3 Å². The number of nitrogens with zero attached hydrogens (tertiary/aromatic N) is 3. The van der Waals surface area contributed by atoms with E-state index in [1.807, 2.05) is 22.4 Å². The summed E-state index contributed by atoms with van der Waals surface area (Å²) in [5, 5.41) is 5.28. The molecule has 1 aromatic carbocycles. The average Bonchev–Trinajstić information content (AvgIpc) is 3.52. The lowest BCUT2D eigenvalue weighted by Gasteiger charge is -2.30. The zero-order chi connectivity index (χ0) is 19.8. The molecule has 1 aliphatic heterocycles. The molecule has 3 aromatic rings. The topological polar surface area (TPSA) is 75.2 Å². The van der Waals surface area contributed by atoms with Crippen LogP contribution in [0.4, 0.5) is 10.8 Å². The molecule has 1 saturated carbocycles. The number of nitrogens with one attached hydrogen (secondary N) is 1. The molecule has 2 aliphatic rings. The quantitative estimate of drug-likeness (QED) is 0.709. The fraction of sp³-hybridized carbons (Fsp3) is 0.273. The van der Waals surface area contributed by atoms with E-state index in [1.54, 1.807) is 24.4 Å². The molecule has 3 heterocycles. The van der Waals surface area contributed by atoms with Gasteiger partial charge in [0, 0.05) is 35.3 Å². The number of thiazole rings is 1. The van der Waals surface area contributed by atoms with Gasteiger partial charge in [0.25, 0.3) is 5.91 Å². The van der Waals surface area contributed by atoms with Crippen LogP contribution in [-0.4, -0.2) is 28.3 Å². The molecule has 6 nitrogen and oxygen atoms in total. The van der Waals surface area contributed by atoms with E-state index in [1.165, 1.54) is 16.9 Å². The molecule has 2 aromatic heterocycles. The molecule has 7 heteroatoms. The lowest BCUT2D eigenvalue weighted by molar-refractivity contribution is -0.119. The molecule has 0 saturated heterocycles. The van der Waals surface area contributed by atoms with Crippen LogP contribution in [0.2, 0.25) is 0 Å². The summed E-state index contributed by atoms with van der Waals surface area (Å²) in [5.74, 6) is 0.225. The van der Waals surface area contributed by atoms with Gasteiger partial charge in [-0.05, 0) is 55.5 Å². The van der Waals surface area contributed by atoms with Crippen molar-refractivity contribution in [2.75, 3.05) is 16.8 Å². The average molecular weight is 404 g/mol. The Morgan fingerprint density at radius 3 is 2.86 bits per heavy atom. The van der Waals surface area contributed by atoms with Crippen LogP contribution in [0.5, 0.6) is 0 Å². The maximum atomic E-state index is 12.6. The Morgan fingerprint density at radius 2 is 2.07 bits per heavy atom. The van der Waals surface area contributed by atoms with Crippen molar-refractivity contribution in [3.8, 4) is 11.3 Å². The molecule has 0 radical (unpaired) electrons. The van der Waals surface area contributed by atoms with Gasteiger partial charge in [0.05, 0.1) is 5.69 Å². The Bertz CT molecular complexity index is 1080. The van der Waals surface area contributed by atoms with Crippen molar-refractivity contribution in [2.45, 2.75) is 25.7 Å². The molecule has 146 valence electrons. The van der Waals surface area contributed by atoms with Crippen LogP contribution in [0.15, 0.2) is 48.0 Å². The first-order valence-corrected chi connectivity index (χ1v) is 10.7. The third kappa shape index (κ3) is 3.65. The first-order valence-electron chi connectivity index (χ1n) is 9.81. The van der Waals surface area contributed by atoms with Gasteiger partial charge in [0.1, 0.15) is 5.69 Å². The van der Waals surface area contributed by atoms with Gasteiger partial charge in [-0.25, -0.2) is 4.98 Å². The summed E-state index contributed by atoms with van der Waals surface area (Å²) in [6.07, 6.45) is 5.58. The zero-order valence-corrected chi connectivity index (χ0v) is 16.6. The second-order valence-electron chi connectivity index (χ2n) is 7.42. The molecular formula is C22H20N4O2S. The SMILES string of the molecule is O=C(Nc1nc(-c2ccc3c(c2)CCCN3C(=O)C2CC2)cs1)c1ccccn1. The van der Waals surface area contributed by atoms with E-state index in [2.05, 4.69) is 21.4 Å². The van der Waals surface area contributed by atoms with Gasteiger partial charge in [-0.2, -0.15) is 0 Å². The highest BCUT2D eigenvalue weighted by Crippen LogP contribution is 2.37. The van der Waals surface area contributed by atoms with Gasteiger partial charge >= 0.3 is 0 Å². The molecule has 29 heavy (non-hydrogen) atoms. The highest BCUT2D eigenvalue weighted by atomic mass is 32.1. The minimum absolute atomic E-state index is 0.226. The summed E-state index contributed by atoms with van der Waals surface area (Å²) in [5.41, 5.74) is 4.41. The Balaban J connectivity index is 1.35. The molecule has 1 aliphatic carbocycles. The molecule has 2 amide bonds. The number of amides is 2. The van der Waals surface area contributed by atoms with Gasteiger partial charge in [0.15, 0.2) is 5.13 Å². The monoisotopic (exact) mass is 404 g/mol. The number of aryl methyl sites for hydroxylation is 1. The standard InChI is InChI=1S/C22H20N4O2S/c27-20(17-5-1-2-10-23-17)25-22-24-18(13-29-22)15-8-9-19-16(12-15)4-3-11-26(19)21(28)14-6-7-14/h1-2,5,8-10,12-14H,3-4,6-7,11H2,(H,24,25,27). The number of anilines is 2. The van der Waals surface area contributed by atoms with Crippen molar-refractivity contribution in [2.24, 2.45) is 5.92 Å². The van der Waals surface area contributed by atoms with Crippen LogP contribution in [0.3, 0.4) is 0 Å². The fourth-order valence-electron chi connectivity index (χ4n) is 3.66.